The second kappa shape index (κ2) is 10.6. The summed E-state index contributed by atoms with van der Waals surface area (Å²) >= 11 is 6.00. The Balaban J connectivity index is 1.52. The zero-order valence-electron chi connectivity index (χ0n) is 19.1. The number of carbonyl (C=O) groups is 2. The number of piperidine rings is 1. The molecule has 2 heterocycles. The van der Waals surface area contributed by atoms with Gasteiger partial charge in [0.1, 0.15) is 5.75 Å². The van der Waals surface area contributed by atoms with Gasteiger partial charge in [0, 0.05) is 48.6 Å². The molecule has 0 aromatic heterocycles. The van der Waals surface area contributed by atoms with Gasteiger partial charge in [0.05, 0.1) is 19.8 Å². The average Bonchev–Trinajstić information content (AvgIpc) is 2.84. The minimum atomic E-state index is -0.451. The normalized spacial score (nSPS) is 21.0. The van der Waals surface area contributed by atoms with Gasteiger partial charge in [-0.25, -0.2) is 0 Å². The van der Waals surface area contributed by atoms with Crippen LogP contribution in [0.25, 0.3) is 0 Å². The molecule has 2 fully saturated rings. The molecule has 1 atom stereocenters. The first-order valence-corrected chi connectivity index (χ1v) is 11.9. The molecule has 0 N–H and O–H groups in total. The maximum atomic E-state index is 13.3. The standard InChI is InChI=1S/C26H31ClN2O4/c1-20-3-5-21(6-4-20)25(31)29-12-2-11-26(18-29,17-24(30)28-13-15-32-16-14-28)19-33-23-9-7-22(27)8-10-23/h3-10H,2,11-19H2,1H3/t26-/m0/s1. The van der Waals surface area contributed by atoms with Crippen LogP contribution in [0.15, 0.2) is 48.5 Å². The molecule has 6 nitrogen and oxygen atoms in total. The third-order valence-corrected chi connectivity index (χ3v) is 6.75. The summed E-state index contributed by atoms with van der Waals surface area (Å²) in [6, 6.07) is 14.9. The molecule has 2 amide bonds. The van der Waals surface area contributed by atoms with Crippen molar-refractivity contribution in [2.24, 2.45) is 5.41 Å². The van der Waals surface area contributed by atoms with Crippen LogP contribution in [-0.2, 0) is 9.53 Å². The van der Waals surface area contributed by atoms with Gasteiger partial charge < -0.3 is 19.3 Å². The number of halogens is 1. The maximum absolute atomic E-state index is 13.3. The number of rotatable bonds is 6. The minimum Gasteiger partial charge on any atom is -0.493 e. The molecular weight excluding hydrogens is 440 g/mol. The van der Waals surface area contributed by atoms with Crippen LogP contribution >= 0.6 is 11.6 Å². The second-order valence-corrected chi connectivity index (χ2v) is 9.55. The summed E-state index contributed by atoms with van der Waals surface area (Å²) in [6.45, 7) is 5.90. The van der Waals surface area contributed by atoms with Crippen LogP contribution in [0.5, 0.6) is 5.75 Å². The van der Waals surface area contributed by atoms with Gasteiger partial charge in [0.2, 0.25) is 5.91 Å². The quantitative estimate of drug-likeness (QED) is 0.635. The van der Waals surface area contributed by atoms with Crippen molar-refractivity contribution in [3.8, 4) is 5.75 Å². The largest absolute Gasteiger partial charge is 0.493 e. The number of ether oxygens (including phenoxy) is 2. The molecule has 2 saturated heterocycles. The van der Waals surface area contributed by atoms with Crippen LogP contribution in [0.2, 0.25) is 5.02 Å². The van der Waals surface area contributed by atoms with Crippen LogP contribution in [0, 0.1) is 12.3 Å². The van der Waals surface area contributed by atoms with Crippen LogP contribution in [0.4, 0.5) is 0 Å². The van der Waals surface area contributed by atoms with Gasteiger partial charge >= 0.3 is 0 Å². The van der Waals surface area contributed by atoms with Gasteiger partial charge in [-0.2, -0.15) is 0 Å². The first-order valence-electron chi connectivity index (χ1n) is 11.5. The van der Waals surface area contributed by atoms with E-state index in [9.17, 15) is 9.59 Å². The highest BCUT2D eigenvalue weighted by Gasteiger charge is 2.41. The van der Waals surface area contributed by atoms with Crippen LogP contribution in [0.3, 0.4) is 0 Å². The first-order chi connectivity index (χ1) is 15.9. The summed E-state index contributed by atoms with van der Waals surface area (Å²) in [5, 5.41) is 0.645. The van der Waals surface area contributed by atoms with Crippen molar-refractivity contribution >= 4 is 23.4 Å². The van der Waals surface area contributed by atoms with E-state index < -0.39 is 5.41 Å². The number of aryl methyl sites for hydroxylation is 1. The molecule has 0 saturated carbocycles. The van der Waals surface area contributed by atoms with Crippen LogP contribution in [-0.4, -0.2) is 67.6 Å². The highest BCUT2D eigenvalue weighted by atomic mass is 35.5. The van der Waals surface area contributed by atoms with Crippen molar-refractivity contribution < 1.29 is 19.1 Å². The lowest BCUT2D eigenvalue weighted by Gasteiger charge is -2.43. The van der Waals surface area contributed by atoms with Gasteiger partial charge in [-0.1, -0.05) is 29.3 Å². The first kappa shape index (κ1) is 23.6. The number of morpholine rings is 1. The Bertz CT molecular complexity index is 957. The molecule has 4 rings (SSSR count). The molecule has 0 bridgehead atoms. The Morgan fingerprint density at radius 2 is 1.70 bits per heavy atom. The molecule has 0 aliphatic carbocycles. The predicted octanol–water partition coefficient (Wildman–Crippen LogP) is 4.20. The molecule has 2 aliphatic rings. The lowest BCUT2D eigenvalue weighted by Crippen LogP contribution is -2.52. The van der Waals surface area contributed by atoms with Crippen LogP contribution in [0.1, 0.15) is 35.2 Å². The van der Waals surface area contributed by atoms with Crippen molar-refractivity contribution in [1.82, 2.24) is 9.80 Å². The van der Waals surface area contributed by atoms with E-state index in [2.05, 4.69) is 0 Å². The van der Waals surface area contributed by atoms with E-state index in [0.29, 0.717) is 68.8 Å². The zero-order chi connectivity index (χ0) is 23.3. The molecular formula is C26H31ClN2O4. The molecule has 7 heteroatoms. The molecule has 2 aliphatic heterocycles. The second-order valence-electron chi connectivity index (χ2n) is 9.11. The molecule has 0 unspecified atom stereocenters. The van der Waals surface area contributed by atoms with E-state index in [1.807, 2.05) is 53.1 Å². The van der Waals surface area contributed by atoms with Gasteiger partial charge in [-0.15, -0.1) is 0 Å². The fourth-order valence-electron chi connectivity index (χ4n) is 4.59. The maximum Gasteiger partial charge on any atom is 0.253 e. The average molecular weight is 471 g/mol. The van der Waals surface area contributed by atoms with Crippen molar-refractivity contribution in [1.29, 1.82) is 0 Å². The zero-order valence-corrected chi connectivity index (χ0v) is 19.9. The monoisotopic (exact) mass is 470 g/mol. The van der Waals surface area contributed by atoms with Crippen molar-refractivity contribution in [3.63, 3.8) is 0 Å². The molecule has 0 radical (unpaired) electrons. The SMILES string of the molecule is Cc1ccc(C(=O)N2CCC[C@](COc3ccc(Cl)cc3)(CC(=O)N3CCOCC3)C2)cc1. The lowest BCUT2D eigenvalue weighted by atomic mass is 9.77. The Morgan fingerprint density at radius 1 is 1.00 bits per heavy atom. The fraction of sp³-hybridized carbons (Fsp3) is 0.462. The summed E-state index contributed by atoms with van der Waals surface area (Å²) in [5.41, 5.74) is 1.34. The summed E-state index contributed by atoms with van der Waals surface area (Å²) < 4.78 is 11.6. The number of likely N-dealkylation sites (tertiary alicyclic amines) is 1. The third kappa shape index (κ3) is 6.06. The van der Waals surface area contributed by atoms with E-state index >= 15 is 0 Å². The van der Waals surface area contributed by atoms with Gasteiger partial charge in [0.15, 0.2) is 0 Å². The van der Waals surface area contributed by atoms with E-state index in [-0.39, 0.29) is 11.8 Å². The summed E-state index contributed by atoms with van der Waals surface area (Å²) in [5.74, 6) is 0.812. The minimum absolute atomic E-state index is 0.00406. The van der Waals surface area contributed by atoms with Crippen molar-refractivity contribution in [3.05, 3.63) is 64.7 Å². The Labute approximate surface area is 200 Å². The predicted molar refractivity (Wildman–Crippen MR) is 128 cm³/mol. The summed E-state index contributed by atoms with van der Waals surface area (Å²) in [7, 11) is 0. The van der Waals surface area contributed by atoms with Crippen molar-refractivity contribution in [2.45, 2.75) is 26.2 Å². The molecule has 176 valence electrons. The fourth-order valence-corrected chi connectivity index (χ4v) is 4.71. The highest BCUT2D eigenvalue weighted by molar-refractivity contribution is 6.30. The van der Waals surface area contributed by atoms with E-state index in [4.69, 9.17) is 21.1 Å². The Morgan fingerprint density at radius 3 is 2.39 bits per heavy atom. The molecule has 33 heavy (non-hydrogen) atoms. The number of amides is 2. The lowest BCUT2D eigenvalue weighted by molar-refractivity contribution is -0.139. The highest BCUT2D eigenvalue weighted by Crippen LogP contribution is 2.36. The summed E-state index contributed by atoms with van der Waals surface area (Å²) in [4.78, 5) is 30.2. The Kier molecular flexibility index (Phi) is 7.56. The number of benzene rings is 2. The summed E-state index contributed by atoms with van der Waals surface area (Å²) in [6.07, 6.45) is 2.00. The molecule has 2 aromatic carbocycles. The van der Waals surface area contributed by atoms with Gasteiger partial charge in [-0.3, -0.25) is 9.59 Å². The van der Waals surface area contributed by atoms with Gasteiger partial charge in [0.25, 0.3) is 5.91 Å². The molecule has 0 spiro atoms. The van der Waals surface area contributed by atoms with Gasteiger partial charge in [-0.05, 0) is 56.2 Å². The number of hydrogen-bond donors (Lipinski definition) is 0. The number of hydrogen-bond acceptors (Lipinski definition) is 4. The molecule has 2 aromatic rings. The van der Waals surface area contributed by atoms with Crippen LogP contribution < -0.4 is 4.74 Å². The number of carbonyl (C=O) groups excluding carboxylic acids is 2. The smallest absolute Gasteiger partial charge is 0.253 e. The third-order valence-electron chi connectivity index (χ3n) is 6.50. The Hall–Kier alpha value is -2.57. The van der Waals surface area contributed by atoms with E-state index in [1.165, 1.54) is 0 Å². The van der Waals surface area contributed by atoms with Crippen molar-refractivity contribution in [2.75, 3.05) is 46.0 Å². The topological polar surface area (TPSA) is 59.1 Å². The van der Waals surface area contributed by atoms with E-state index in [0.717, 1.165) is 18.4 Å². The number of nitrogens with zero attached hydrogens (tertiary/aromatic N) is 2. The van der Waals surface area contributed by atoms with E-state index in [1.54, 1.807) is 12.1 Å².